The Labute approximate surface area is 119 Å². The summed E-state index contributed by atoms with van der Waals surface area (Å²) >= 11 is 0. The largest absolute Gasteiger partial charge is 0.490 e. The van der Waals surface area contributed by atoms with Crippen molar-refractivity contribution in [1.29, 1.82) is 0 Å². The van der Waals surface area contributed by atoms with Crippen LogP contribution in [0.15, 0.2) is 24.3 Å². The van der Waals surface area contributed by atoms with Gasteiger partial charge in [0, 0.05) is 17.3 Å². The Morgan fingerprint density at radius 1 is 1.33 bits per heavy atom. The lowest BCUT2D eigenvalue weighted by molar-refractivity contribution is -0.385. The number of hydrogen-bond donors (Lipinski definition) is 1. The molecular weight excluding hydrogens is 278 g/mol. The quantitative estimate of drug-likeness (QED) is 0.676. The third-order valence-electron chi connectivity index (χ3n) is 2.71. The zero-order valence-corrected chi connectivity index (χ0v) is 11.2. The van der Waals surface area contributed by atoms with Gasteiger partial charge < -0.3 is 9.84 Å². The Balaban J connectivity index is 2.59. The molecule has 8 heteroatoms. The number of methoxy groups -OCH3 is 1. The van der Waals surface area contributed by atoms with Gasteiger partial charge in [-0.15, -0.1) is 0 Å². The fraction of sp³-hybridized carbons (Fsp3) is 0.154. The summed E-state index contributed by atoms with van der Waals surface area (Å²) in [7, 11) is 1.33. The van der Waals surface area contributed by atoms with Crippen LogP contribution in [-0.4, -0.2) is 33.1 Å². The monoisotopic (exact) mass is 289 g/mol. The van der Waals surface area contributed by atoms with Gasteiger partial charge in [-0.05, 0) is 25.1 Å². The third-order valence-corrected chi connectivity index (χ3v) is 2.71. The molecule has 2 aromatic rings. The fourth-order valence-corrected chi connectivity index (χ4v) is 1.78. The van der Waals surface area contributed by atoms with Crippen LogP contribution < -0.4 is 4.74 Å². The van der Waals surface area contributed by atoms with Gasteiger partial charge in [0.25, 0.3) is 0 Å². The minimum atomic E-state index is -1.19. The van der Waals surface area contributed by atoms with Gasteiger partial charge in [0.05, 0.1) is 12.0 Å². The number of carboxylic acid groups (broad SMARTS) is 1. The second-order valence-electron chi connectivity index (χ2n) is 4.17. The standard InChI is InChI=1S/C13H11N3O5/c1-7-5-9(13(17)18)15-12(14-7)8-3-4-11(21-2)10(6-8)16(19)20/h3-6H,1-2H3,(H,17,18). The van der Waals surface area contributed by atoms with Crippen molar-refractivity contribution in [2.24, 2.45) is 0 Å². The van der Waals surface area contributed by atoms with Crippen LogP contribution in [0.5, 0.6) is 5.75 Å². The van der Waals surface area contributed by atoms with Crippen LogP contribution in [0.25, 0.3) is 11.4 Å². The zero-order chi connectivity index (χ0) is 15.6. The molecule has 0 aliphatic heterocycles. The molecule has 0 atom stereocenters. The lowest BCUT2D eigenvalue weighted by Gasteiger charge is -2.06. The van der Waals surface area contributed by atoms with Crippen molar-refractivity contribution in [1.82, 2.24) is 9.97 Å². The molecule has 0 aliphatic rings. The van der Waals surface area contributed by atoms with E-state index in [9.17, 15) is 14.9 Å². The van der Waals surface area contributed by atoms with Crippen molar-refractivity contribution in [2.75, 3.05) is 7.11 Å². The summed E-state index contributed by atoms with van der Waals surface area (Å²) in [6, 6.07) is 5.52. The highest BCUT2D eigenvalue weighted by Gasteiger charge is 2.18. The Morgan fingerprint density at radius 2 is 2.05 bits per heavy atom. The van der Waals surface area contributed by atoms with Crippen LogP contribution in [0.2, 0.25) is 0 Å². The SMILES string of the molecule is COc1ccc(-c2nc(C)cc(C(=O)O)n2)cc1[N+](=O)[O-]. The van der Waals surface area contributed by atoms with Gasteiger partial charge in [-0.25, -0.2) is 14.8 Å². The highest BCUT2D eigenvalue weighted by atomic mass is 16.6. The van der Waals surface area contributed by atoms with Crippen molar-refractivity contribution >= 4 is 11.7 Å². The average molecular weight is 289 g/mol. The van der Waals surface area contributed by atoms with Gasteiger partial charge in [-0.2, -0.15) is 0 Å². The van der Waals surface area contributed by atoms with E-state index in [0.717, 1.165) is 0 Å². The maximum Gasteiger partial charge on any atom is 0.354 e. The molecule has 0 amide bonds. The Kier molecular flexibility index (Phi) is 3.79. The molecule has 0 saturated carbocycles. The number of aromatic carboxylic acids is 1. The highest BCUT2D eigenvalue weighted by molar-refractivity contribution is 5.86. The second kappa shape index (κ2) is 5.53. The number of carbonyl (C=O) groups is 1. The van der Waals surface area contributed by atoms with E-state index in [1.54, 1.807) is 6.92 Å². The van der Waals surface area contributed by atoms with E-state index in [4.69, 9.17) is 9.84 Å². The lowest BCUT2D eigenvalue weighted by Crippen LogP contribution is -2.04. The third kappa shape index (κ3) is 2.94. The Hall–Kier alpha value is -3.03. The minimum Gasteiger partial charge on any atom is -0.490 e. The van der Waals surface area contributed by atoms with E-state index < -0.39 is 10.9 Å². The number of nitro groups is 1. The number of aromatic nitrogens is 2. The average Bonchev–Trinajstić information content (AvgIpc) is 2.45. The lowest BCUT2D eigenvalue weighted by atomic mass is 10.1. The molecule has 0 saturated heterocycles. The van der Waals surface area contributed by atoms with Gasteiger partial charge in [-0.1, -0.05) is 0 Å². The number of benzene rings is 1. The molecule has 0 unspecified atom stereocenters. The second-order valence-corrected chi connectivity index (χ2v) is 4.17. The van der Waals surface area contributed by atoms with Gasteiger partial charge >= 0.3 is 11.7 Å². The van der Waals surface area contributed by atoms with E-state index in [2.05, 4.69) is 9.97 Å². The summed E-state index contributed by atoms with van der Waals surface area (Å²) in [6.07, 6.45) is 0. The van der Waals surface area contributed by atoms with E-state index in [-0.39, 0.29) is 23.0 Å². The molecule has 8 nitrogen and oxygen atoms in total. The van der Waals surface area contributed by atoms with Gasteiger partial charge in [0.15, 0.2) is 17.3 Å². The van der Waals surface area contributed by atoms with Crippen LogP contribution in [0.1, 0.15) is 16.2 Å². The highest BCUT2D eigenvalue weighted by Crippen LogP contribution is 2.31. The molecule has 0 fully saturated rings. The summed E-state index contributed by atoms with van der Waals surface area (Å²) in [5, 5.41) is 20.0. The number of hydrogen-bond acceptors (Lipinski definition) is 6. The summed E-state index contributed by atoms with van der Waals surface area (Å²) in [5.74, 6) is -0.974. The van der Waals surface area contributed by atoms with Crippen molar-refractivity contribution in [2.45, 2.75) is 6.92 Å². The van der Waals surface area contributed by atoms with E-state index >= 15 is 0 Å². The smallest absolute Gasteiger partial charge is 0.354 e. The molecule has 1 heterocycles. The summed E-state index contributed by atoms with van der Waals surface area (Å²) in [6.45, 7) is 1.62. The van der Waals surface area contributed by atoms with Crippen molar-refractivity contribution in [3.05, 3.63) is 45.8 Å². The normalized spacial score (nSPS) is 10.2. The first-order chi connectivity index (χ1) is 9.92. The predicted octanol–water partition coefficient (Wildman–Crippen LogP) is 2.07. The van der Waals surface area contributed by atoms with Crippen LogP contribution in [0, 0.1) is 17.0 Å². The van der Waals surface area contributed by atoms with Crippen molar-refractivity contribution in [3.8, 4) is 17.1 Å². The zero-order valence-electron chi connectivity index (χ0n) is 11.2. The molecule has 0 aliphatic carbocycles. The number of nitro benzene ring substituents is 1. The molecule has 1 aromatic carbocycles. The molecule has 108 valence electrons. The number of carboxylic acids is 1. The summed E-state index contributed by atoms with van der Waals surface area (Å²) < 4.78 is 4.91. The molecule has 21 heavy (non-hydrogen) atoms. The van der Waals surface area contributed by atoms with Crippen LogP contribution in [0.4, 0.5) is 5.69 Å². The number of rotatable bonds is 4. The van der Waals surface area contributed by atoms with E-state index in [1.807, 2.05) is 0 Å². The van der Waals surface area contributed by atoms with E-state index in [0.29, 0.717) is 11.3 Å². The fourth-order valence-electron chi connectivity index (χ4n) is 1.78. The van der Waals surface area contributed by atoms with Crippen molar-refractivity contribution in [3.63, 3.8) is 0 Å². The molecule has 0 bridgehead atoms. The number of nitrogens with zero attached hydrogens (tertiary/aromatic N) is 3. The van der Waals surface area contributed by atoms with Gasteiger partial charge in [-0.3, -0.25) is 10.1 Å². The molecule has 0 radical (unpaired) electrons. The topological polar surface area (TPSA) is 115 Å². The first-order valence-electron chi connectivity index (χ1n) is 5.84. The van der Waals surface area contributed by atoms with Crippen LogP contribution in [0.3, 0.4) is 0 Å². The molecule has 1 N–H and O–H groups in total. The van der Waals surface area contributed by atoms with Crippen molar-refractivity contribution < 1.29 is 19.6 Å². The van der Waals surface area contributed by atoms with Crippen LogP contribution >= 0.6 is 0 Å². The Bertz CT molecular complexity index is 730. The predicted molar refractivity (Wildman–Crippen MR) is 72.4 cm³/mol. The maximum absolute atomic E-state index is 11.0. The summed E-state index contributed by atoms with van der Waals surface area (Å²) in [5.41, 5.74) is 0.387. The molecule has 0 spiro atoms. The minimum absolute atomic E-state index is 0.106. The molecular formula is C13H11N3O5. The molecule has 1 aromatic heterocycles. The first kappa shape index (κ1) is 14.4. The maximum atomic E-state index is 11.0. The first-order valence-corrected chi connectivity index (χ1v) is 5.84. The van der Waals surface area contributed by atoms with Gasteiger partial charge in [0.2, 0.25) is 0 Å². The van der Waals surface area contributed by atoms with E-state index in [1.165, 1.54) is 31.4 Å². The Morgan fingerprint density at radius 3 is 2.62 bits per heavy atom. The number of aryl methyl sites for hydroxylation is 1. The van der Waals surface area contributed by atoms with Crippen LogP contribution in [-0.2, 0) is 0 Å². The summed E-state index contributed by atoms with van der Waals surface area (Å²) in [4.78, 5) is 29.4. The number of ether oxygens (including phenoxy) is 1. The van der Waals surface area contributed by atoms with Gasteiger partial charge in [0.1, 0.15) is 0 Å². The molecule has 2 rings (SSSR count).